The number of carboxylic acid groups (broad SMARTS) is 1. The fraction of sp³-hybridized carbons (Fsp3) is 0.562. The molecule has 0 aromatic heterocycles. The summed E-state index contributed by atoms with van der Waals surface area (Å²) in [6.07, 6.45) is 6.63. The molecule has 0 radical (unpaired) electrons. The van der Waals surface area contributed by atoms with Gasteiger partial charge >= 0.3 is 5.97 Å². The van der Waals surface area contributed by atoms with E-state index in [1.54, 1.807) is 6.92 Å². The van der Waals surface area contributed by atoms with Crippen LogP contribution in [0.15, 0.2) is 24.3 Å². The first-order valence-corrected chi connectivity index (χ1v) is 7.22. The second-order valence-corrected chi connectivity index (χ2v) is 5.52. The predicted octanol–water partition coefficient (Wildman–Crippen LogP) is 3.30. The number of hydrogen-bond donors (Lipinski definition) is 2. The average molecular weight is 261 g/mol. The maximum Gasteiger partial charge on any atom is 0.310 e. The lowest BCUT2D eigenvalue weighted by Gasteiger charge is -2.23. The van der Waals surface area contributed by atoms with Crippen LogP contribution < -0.4 is 5.32 Å². The highest BCUT2D eigenvalue weighted by Crippen LogP contribution is 2.19. The standard InChI is InChI=1S/C16H23NO2/c1-12(16(18)19)14-9-7-13(8-10-14)11-17-15-5-3-2-4-6-15/h7-10,12,15,17H,2-6,11H2,1H3,(H,18,19). The Kier molecular flexibility index (Phi) is 4.97. The topological polar surface area (TPSA) is 49.3 Å². The largest absolute Gasteiger partial charge is 0.481 e. The number of nitrogens with one attached hydrogen (secondary N) is 1. The number of aliphatic carboxylic acids is 1. The Bertz CT molecular complexity index is 407. The van der Waals surface area contributed by atoms with Crippen molar-refractivity contribution in [3.8, 4) is 0 Å². The third-order valence-electron chi connectivity index (χ3n) is 4.05. The predicted molar refractivity (Wildman–Crippen MR) is 76.2 cm³/mol. The van der Waals surface area contributed by atoms with E-state index in [-0.39, 0.29) is 0 Å². The molecule has 104 valence electrons. The Labute approximate surface area is 115 Å². The molecular weight excluding hydrogens is 238 g/mol. The van der Waals surface area contributed by atoms with Crippen molar-refractivity contribution in [1.29, 1.82) is 0 Å². The van der Waals surface area contributed by atoms with E-state index in [1.807, 2.05) is 24.3 Å². The Balaban J connectivity index is 1.86. The van der Waals surface area contributed by atoms with Gasteiger partial charge in [0.25, 0.3) is 0 Å². The Hall–Kier alpha value is -1.35. The number of benzene rings is 1. The molecule has 19 heavy (non-hydrogen) atoms. The van der Waals surface area contributed by atoms with E-state index in [4.69, 9.17) is 5.11 Å². The number of hydrogen-bond acceptors (Lipinski definition) is 2. The van der Waals surface area contributed by atoms with E-state index < -0.39 is 11.9 Å². The van der Waals surface area contributed by atoms with Gasteiger partial charge in [-0.2, -0.15) is 0 Å². The second kappa shape index (κ2) is 6.71. The molecule has 1 unspecified atom stereocenters. The molecule has 3 nitrogen and oxygen atoms in total. The van der Waals surface area contributed by atoms with Crippen LogP contribution in [0.5, 0.6) is 0 Å². The quantitative estimate of drug-likeness (QED) is 0.855. The van der Waals surface area contributed by atoms with Crippen LogP contribution >= 0.6 is 0 Å². The molecule has 1 aromatic carbocycles. The first kappa shape index (κ1) is 14.1. The van der Waals surface area contributed by atoms with Crippen molar-refractivity contribution in [3.05, 3.63) is 35.4 Å². The van der Waals surface area contributed by atoms with Crippen LogP contribution in [0, 0.1) is 0 Å². The van der Waals surface area contributed by atoms with Gasteiger partial charge in [0.15, 0.2) is 0 Å². The maximum atomic E-state index is 10.9. The van der Waals surface area contributed by atoms with Gasteiger partial charge in [-0.05, 0) is 30.9 Å². The van der Waals surface area contributed by atoms with E-state index in [0.29, 0.717) is 6.04 Å². The van der Waals surface area contributed by atoms with Gasteiger partial charge < -0.3 is 10.4 Å². The lowest BCUT2D eigenvalue weighted by molar-refractivity contribution is -0.138. The highest BCUT2D eigenvalue weighted by molar-refractivity contribution is 5.75. The molecule has 2 N–H and O–H groups in total. The molecule has 1 aromatic rings. The van der Waals surface area contributed by atoms with Crippen molar-refractivity contribution < 1.29 is 9.90 Å². The molecule has 0 bridgehead atoms. The highest BCUT2D eigenvalue weighted by Gasteiger charge is 2.14. The van der Waals surface area contributed by atoms with Crippen LogP contribution in [0.4, 0.5) is 0 Å². The molecule has 1 aliphatic carbocycles. The van der Waals surface area contributed by atoms with Crippen LogP contribution in [0.25, 0.3) is 0 Å². The first-order chi connectivity index (χ1) is 9.16. The molecule has 1 atom stereocenters. The third-order valence-corrected chi connectivity index (χ3v) is 4.05. The number of carbonyl (C=O) groups is 1. The SMILES string of the molecule is CC(C(=O)O)c1ccc(CNC2CCCCC2)cc1. The Morgan fingerprint density at radius 1 is 1.26 bits per heavy atom. The van der Waals surface area contributed by atoms with Crippen molar-refractivity contribution in [2.45, 2.75) is 57.5 Å². The van der Waals surface area contributed by atoms with Crippen molar-refractivity contribution >= 4 is 5.97 Å². The van der Waals surface area contributed by atoms with Crippen LogP contribution in [0.2, 0.25) is 0 Å². The maximum absolute atomic E-state index is 10.9. The summed E-state index contributed by atoms with van der Waals surface area (Å²) in [5.74, 6) is -1.20. The van der Waals surface area contributed by atoms with Crippen molar-refractivity contribution in [2.24, 2.45) is 0 Å². The average Bonchev–Trinajstić information content (AvgIpc) is 2.46. The molecule has 0 amide bonds. The molecule has 3 heteroatoms. The summed E-state index contributed by atoms with van der Waals surface area (Å²) >= 11 is 0. The van der Waals surface area contributed by atoms with Crippen LogP contribution in [-0.4, -0.2) is 17.1 Å². The Morgan fingerprint density at radius 3 is 2.47 bits per heavy atom. The van der Waals surface area contributed by atoms with Gasteiger partial charge in [-0.1, -0.05) is 43.5 Å². The van der Waals surface area contributed by atoms with Gasteiger partial charge in [-0.15, -0.1) is 0 Å². The zero-order chi connectivity index (χ0) is 13.7. The lowest BCUT2D eigenvalue weighted by atomic mass is 9.95. The summed E-state index contributed by atoms with van der Waals surface area (Å²) in [5, 5.41) is 12.6. The molecule has 1 saturated carbocycles. The summed E-state index contributed by atoms with van der Waals surface area (Å²) in [4.78, 5) is 10.9. The minimum absolute atomic E-state index is 0.430. The molecule has 1 fully saturated rings. The van der Waals surface area contributed by atoms with Crippen LogP contribution in [0.1, 0.15) is 56.1 Å². The van der Waals surface area contributed by atoms with Crippen LogP contribution in [-0.2, 0) is 11.3 Å². The highest BCUT2D eigenvalue weighted by atomic mass is 16.4. The van der Waals surface area contributed by atoms with Gasteiger partial charge in [0.1, 0.15) is 0 Å². The van der Waals surface area contributed by atoms with Crippen molar-refractivity contribution in [1.82, 2.24) is 5.32 Å². The van der Waals surface area contributed by atoms with Gasteiger partial charge in [0.2, 0.25) is 0 Å². The van der Waals surface area contributed by atoms with Crippen LogP contribution in [0.3, 0.4) is 0 Å². The summed E-state index contributed by atoms with van der Waals surface area (Å²) in [7, 11) is 0. The molecule has 0 heterocycles. The normalized spacial score (nSPS) is 18.2. The van der Waals surface area contributed by atoms with Crippen molar-refractivity contribution in [3.63, 3.8) is 0 Å². The van der Waals surface area contributed by atoms with Gasteiger partial charge in [0.05, 0.1) is 5.92 Å². The molecule has 0 aliphatic heterocycles. The van der Waals surface area contributed by atoms with E-state index in [2.05, 4.69) is 5.32 Å². The summed E-state index contributed by atoms with van der Waals surface area (Å²) < 4.78 is 0. The van der Waals surface area contributed by atoms with Gasteiger partial charge in [-0.3, -0.25) is 4.79 Å². The first-order valence-electron chi connectivity index (χ1n) is 7.22. The zero-order valence-electron chi connectivity index (χ0n) is 11.6. The molecule has 2 rings (SSSR count). The lowest BCUT2D eigenvalue weighted by Crippen LogP contribution is -2.30. The molecular formula is C16H23NO2. The van der Waals surface area contributed by atoms with Crippen molar-refractivity contribution in [2.75, 3.05) is 0 Å². The fourth-order valence-corrected chi connectivity index (χ4v) is 2.64. The monoisotopic (exact) mass is 261 g/mol. The minimum atomic E-state index is -0.770. The van der Waals surface area contributed by atoms with E-state index in [9.17, 15) is 4.79 Å². The van der Waals surface area contributed by atoms with E-state index >= 15 is 0 Å². The number of carboxylic acids is 1. The Morgan fingerprint density at radius 2 is 1.89 bits per heavy atom. The van der Waals surface area contributed by atoms with E-state index in [0.717, 1.165) is 12.1 Å². The smallest absolute Gasteiger partial charge is 0.310 e. The number of rotatable bonds is 5. The zero-order valence-corrected chi connectivity index (χ0v) is 11.6. The summed E-state index contributed by atoms with van der Waals surface area (Å²) in [6.45, 7) is 2.60. The summed E-state index contributed by atoms with van der Waals surface area (Å²) in [6, 6.07) is 8.58. The van der Waals surface area contributed by atoms with Gasteiger partial charge in [-0.25, -0.2) is 0 Å². The molecule has 1 aliphatic rings. The molecule has 0 saturated heterocycles. The van der Waals surface area contributed by atoms with E-state index in [1.165, 1.54) is 37.7 Å². The summed E-state index contributed by atoms with van der Waals surface area (Å²) in [5.41, 5.74) is 2.10. The third kappa shape index (κ3) is 4.06. The van der Waals surface area contributed by atoms with Gasteiger partial charge in [0, 0.05) is 12.6 Å². The fourth-order valence-electron chi connectivity index (χ4n) is 2.64. The minimum Gasteiger partial charge on any atom is -0.481 e. The molecule has 0 spiro atoms. The second-order valence-electron chi connectivity index (χ2n) is 5.52.